The topological polar surface area (TPSA) is 48.5 Å². The van der Waals surface area contributed by atoms with Crippen molar-refractivity contribution >= 4 is 23.3 Å². The lowest BCUT2D eigenvalue weighted by molar-refractivity contribution is -0.137. The van der Waals surface area contributed by atoms with Crippen molar-refractivity contribution in [1.82, 2.24) is 15.2 Å². The van der Waals surface area contributed by atoms with E-state index in [0.717, 1.165) is 57.1 Å². The van der Waals surface area contributed by atoms with Crippen LogP contribution in [0.1, 0.15) is 51.0 Å². The number of alkyl halides is 3. The highest BCUT2D eigenvalue weighted by atomic mass is 35.5. The highest BCUT2D eigenvalue weighted by Crippen LogP contribution is 2.40. The summed E-state index contributed by atoms with van der Waals surface area (Å²) < 4.78 is 38.5. The zero-order chi connectivity index (χ0) is 22.9. The fraction of sp³-hybridized carbons (Fsp3) is 0.739. The molecule has 9 heteroatoms. The molecule has 1 aromatic heterocycles. The molecule has 2 aliphatic carbocycles. The Labute approximate surface area is 192 Å². The Morgan fingerprint density at radius 3 is 2.47 bits per heavy atom. The molecule has 2 saturated carbocycles. The second kappa shape index (κ2) is 9.75. The maximum Gasteiger partial charge on any atom is 0.417 e. The van der Waals surface area contributed by atoms with Crippen LogP contribution in [0.3, 0.4) is 0 Å². The second-order valence-corrected chi connectivity index (χ2v) is 9.96. The minimum atomic E-state index is -4.45. The van der Waals surface area contributed by atoms with E-state index in [1.807, 2.05) is 4.90 Å². The summed E-state index contributed by atoms with van der Waals surface area (Å²) in [6, 6.07) is 1.29. The van der Waals surface area contributed by atoms with Gasteiger partial charge in [-0.2, -0.15) is 13.2 Å². The number of pyridine rings is 1. The molecule has 1 aliphatic heterocycles. The van der Waals surface area contributed by atoms with Gasteiger partial charge in [0.2, 0.25) is 5.91 Å². The fourth-order valence-corrected chi connectivity index (χ4v) is 5.37. The van der Waals surface area contributed by atoms with Crippen LogP contribution in [0.15, 0.2) is 12.3 Å². The summed E-state index contributed by atoms with van der Waals surface area (Å²) in [6.45, 7) is 6.01. The normalized spacial score (nSPS) is 29.1. The van der Waals surface area contributed by atoms with Crippen LogP contribution in [0.2, 0.25) is 5.02 Å². The molecule has 4 rings (SSSR count). The Balaban J connectivity index is 1.20. The average molecular weight is 473 g/mol. The number of carbonyl (C=O) groups excluding carboxylic acids is 1. The third kappa shape index (κ3) is 5.68. The van der Waals surface area contributed by atoms with E-state index >= 15 is 0 Å². The van der Waals surface area contributed by atoms with Crippen molar-refractivity contribution in [3.63, 3.8) is 0 Å². The van der Waals surface area contributed by atoms with Crippen molar-refractivity contribution in [3.8, 4) is 0 Å². The Hall–Kier alpha value is -1.54. The summed E-state index contributed by atoms with van der Waals surface area (Å²) in [6.07, 6.45) is 3.22. The number of aromatic nitrogens is 1. The van der Waals surface area contributed by atoms with Crippen LogP contribution >= 0.6 is 11.6 Å². The van der Waals surface area contributed by atoms with Gasteiger partial charge in [0.15, 0.2) is 0 Å². The third-order valence-electron chi connectivity index (χ3n) is 7.34. The van der Waals surface area contributed by atoms with E-state index in [0.29, 0.717) is 30.9 Å². The third-order valence-corrected chi connectivity index (χ3v) is 7.62. The molecule has 178 valence electrons. The van der Waals surface area contributed by atoms with E-state index in [4.69, 9.17) is 11.6 Å². The van der Waals surface area contributed by atoms with Gasteiger partial charge in [-0.15, -0.1) is 0 Å². The van der Waals surface area contributed by atoms with Crippen LogP contribution in [0, 0.1) is 17.8 Å². The highest BCUT2D eigenvalue weighted by Gasteiger charge is 2.44. The molecule has 0 bridgehead atoms. The lowest BCUT2D eigenvalue weighted by Gasteiger charge is -2.36. The van der Waals surface area contributed by atoms with E-state index in [-0.39, 0.29) is 16.8 Å². The first-order valence-electron chi connectivity index (χ1n) is 11.7. The van der Waals surface area contributed by atoms with E-state index in [9.17, 15) is 18.0 Å². The average Bonchev–Trinajstić information content (AvgIpc) is 3.53. The monoisotopic (exact) mass is 472 g/mol. The van der Waals surface area contributed by atoms with Gasteiger partial charge in [-0.1, -0.05) is 24.9 Å². The molecule has 2 heterocycles. The van der Waals surface area contributed by atoms with Gasteiger partial charge in [-0.3, -0.25) is 9.69 Å². The van der Waals surface area contributed by atoms with E-state index in [1.165, 1.54) is 19.3 Å². The van der Waals surface area contributed by atoms with Gasteiger partial charge in [0.05, 0.1) is 10.6 Å². The van der Waals surface area contributed by atoms with Gasteiger partial charge in [0, 0.05) is 50.9 Å². The van der Waals surface area contributed by atoms with Crippen LogP contribution in [0.4, 0.5) is 19.0 Å². The molecule has 2 atom stereocenters. The highest BCUT2D eigenvalue weighted by molar-refractivity contribution is 6.33. The number of rotatable bonds is 6. The molecule has 0 spiro atoms. The SMILES string of the molecule is CCC1CCC(NC(=O)[C@H]2C[C@@H]2CN2CCN(c3ncc(C(F)(F)F)cc3Cl)CC2)CC1. The number of halogens is 4. The maximum atomic E-state index is 12.8. The summed E-state index contributed by atoms with van der Waals surface area (Å²) in [5.41, 5.74) is -0.832. The van der Waals surface area contributed by atoms with Crippen LogP contribution in [0.25, 0.3) is 0 Å². The van der Waals surface area contributed by atoms with Gasteiger partial charge in [-0.25, -0.2) is 4.98 Å². The van der Waals surface area contributed by atoms with Crippen LogP contribution in [0.5, 0.6) is 0 Å². The molecule has 0 radical (unpaired) electrons. The molecule has 1 saturated heterocycles. The number of amides is 1. The second-order valence-electron chi connectivity index (χ2n) is 9.55. The number of carbonyl (C=O) groups is 1. The molecule has 5 nitrogen and oxygen atoms in total. The van der Waals surface area contributed by atoms with Gasteiger partial charge < -0.3 is 10.2 Å². The van der Waals surface area contributed by atoms with Crippen LogP contribution in [-0.2, 0) is 11.0 Å². The molecule has 1 amide bonds. The lowest BCUT2D eigenvalue weighted by atomic mass is 9.84. The van der Waals surface area contributed by atoms with Gasteiger partial charge in [-0.05, 0) is 50.0 Å². The molecule has 3 fully saturated rings. The van der Waals surface area contributed by atoms with Gasteiger partial charge >= 0.3 is 6.18 Å². The van der Waals surface area contributed by atoms with Crippen LogP contribution in [-0.4, -0.2) is 54.6 Å². The Morgan fingerprint density at radius 2 is 1.88 bits per heavy atom. The van der Waals surface area contributed by atoms with E-state index in [1.54, 1.807) is 0 Å². The zero-order valence-electron chi connectivity index (χ0n) is 18.5. The number of nitrogens with zero attached hydrogens (tertiary/aromatic N) is 3. The predicted octanol–water partition coefficient (Wildman–Crippen LogP) is 4.60. The summed E-state index contributed by atoms with van der Waals surface area (Å²) in [4.78, 5) is 20.8. The summed E-state index contributed by atoms with van der Waals surface area (Å²) >= 11 is 6.09. The Morgan fingerprint density at radius 1 is 1.19 bits per heavy atom. The van der Waals surface area contributed by atoms with E-state index < -0.39 is 11.7 Å². The number of hydrogen-bond donors (Lipinski definition) is 1. The maximum absolute atomic E-state index is 12.8. The van der Waals surface area contributed by atoms with Crippen molar-refractivity contribution < 1.29 is 18.0 Å². The number of nitrogens with one attached hydrogen (secondary N) is 1. The first-order valence-corrected chi connectivity index (χ1v) is 12.1. The minimum Gasteiger partial charge on any atom is -0.353 e. The molecule has 1 aromatic rings. The molecular weight excluding hydrogens is 441 g/mol. The number of piperazine rings is 1. The Bertz CT molecular complexity index is 805. The van der Waals surface area contributed by atoms with Gasteiger partial charge in [0.25, 0.3) is 0 Å². The summed E-state index contributed by atoms with van der Waals surface area (Å²) in [5.74, 6) is 1.97. The van der Waals surface area contributed by atoms with Crippen molar-refractivity contribution in [3.05, 3.63) is 22.8 Å². The zero-order valence-corrected chi connectivity index (χ0v) is 19.3. The minimum absolute atomic E-state index is 0.0279. The largest absolute Gasteiger partial charge is 0.417 e. The molecule has 1 N–H and O–H groups in total. The molecular formula is C23H32ClF3N4O. The van der Waals surface area contributed by atoms with Crippen molar-refractivity contribution in [1.29, 1.82) is 0 Å². The summed E-state index contributed by atoms with van der Waals surface area (Å²) in [7, 11) is 0. The number of hydrogen-bond acceptors (Lipinski definition) is 4. The quantitative estimate of drug-likeness (QED) is 0.657. The summed E-state index contributed by atoms with van der Waals surface area (Å²) in [5, 5.41) is 3.30. The predicted molar refractivity (Wildman–Crippen MR) is 119 cm³/mol. The smallest absolute Gasteiger partial charge is 0.353 e. The van der Waals surface area contributed by atoms with Gasteiger partial charge in [0.1, 0.15) is 5.82 Å². The Kier molecular flexibility index (Phi) is 7.20. The van der Waals surface area contributed by atoms with Crippen LogP contribution < -0.4 is 10.2 Å². The standard InChI is InChI=1S/C23H32ClF3N4O/c1-2-15-3-5-18(6-4-15)29-22(32)19-11-16(19)14-30-7-9-31(10-8-30)21-20(24)12-17(13-28-21)23(25,26)27/h12-13,15-16,18-19H,2-11,14H2,1H3,(H,29,32)/t15?,16-,18?,19+/m1/s1. The fourth-order valence-electron chi connectivity index (χ4n) is 5.09. The lowest BCUT2D eigenvalue weighted by Crippen LogP contribution is -2.47. The van der Waals surface area contributed by atoms with Crippen molar-refractivity contribution in [2.75, 3.05) is 37.6 Å². The van der Waals surface area contributed by atoms with E-state index in [2.05, 4.69) is 22.1 Å². The first kappa shape index (κ1) is 23.6. The number of anilines is 1. The molecule has 0 unspecified atom stereocenters. The molecule has 0 aromatic carbocycles. The first-order chi connectivity index (χ1) is 15.2. The van der Waals surface area contributed by atoms with Crippen molar-refractivity contribution in [2.24, 2.45) is 17.8 Å². The molecule has 3 aliphatic rings. The van der Waals surface area contributed by atoms with Crippen molar-refractivity contribution in [2.45, 2.75) is 57.7 Å². The molecule has 32 heavy (non-hydrogen) atoms.